The lowest BCUT2D eigenvalue weighted by Gasteiger charge is -2.07. The van der Waals surface area contributed by atoms with Gasteiger partial charge in [0.05, 0.1) is 7.11 Å². The summed E-state index contributed by atoms with van der Waals surface area (Å²) in [6.07, 6.45) is 13.9. The Morgan fingerprint density at radius 3 is 2.15 bits per heavy atom. The maximum atomic E-state index is 11.9. The fraction of sp³-hybridized carbons (Fsp3) is 0.560. The summed E-state index contributed by atoms with van der Waals surface area (Å²) in [6, 6.07) is 7.19. The zero-order valence-electron chi connectivity index (χ0n) is 20.0. The van der Waals surface area contributed by atoms with Crippen LogP contribution in [0.25, 0.3) is 0 Å². The van der Waals surface area contributed by atoms with Gasteiger partial charge >= 0.3 is 11.8 Å². The molecule has 33 heavy (non-hydrogen) atoms. The molecule has 8 heteroatoms. The molecule has 1 rings (SSSR count). The number of likely N-dealkylation sites (N-methyl/N-ethyl adjacent to an activating group) is 1. The Morgan fingerprint density at radius 2 is 1.48 bits per heavy atom. The van der Waals surface area contributed by atoms with Crippen LogP contribution in [0.1, 0.15) is 57.8 Å². The summed E-state index contributed by atoms with van der Waals surface area (Å²) in [5, 5.41) is 7.68. The van der Waals surface area contributed by atoms with Crippen LogP contribution in [-0.2, 0) is 19.1 Å². The monoisotopic (exact) mass is 461 g/mol. The molecule has 0 fully saturated rings. The van der Waals surface area contributed by atoms with E-state index in [1.807, 2.05) is 0 Å². The molecular weight excluding hydrogens is 422 g/mol. The van der Waals surface area contributed by atoms with E-state index in [1.165, 1.54) is 26.3 Å². The van der Waals surface area contributed by atoms with Gasteiger partial charge in [0, 0.05) is 25.9 Å². The van der Waals surface area contributed by atoms with Crippen LogP contribution in [0.3, 0.4) is 0 Å². The number of amides is 3. The zero-order chi connectivity index (χ0) is 24.2. The van der Waals surface area contributed by atoms with E-state index in [9.17, 15) is 14.4 Å². The smallest absolute Gasteiger partial charge is 0.309 e. The van der Waals surface area contributed by atoms with Gasteiger partial charge in [0.15, 0.2) is 0 Å². The zero-order valence-corrected chi connectivity index (χ0v) is 20.0. The van der Waals surface area contributed by atoms with Crippen molar-refractivity contribution in [1.82, 2.24) is 10.6 Å². The topological polar surface area (TPSA) is 106 Å². The Balaban J connectivity index is 1.86. The van der Waals surface area contributed by atoms with Crippen molar-refractivity contribution < 1.29 is 23.9 Å². The third kappa shape index (κ3) is 14.7. The van der Waals surface area contributed by atoms with E-state index in [1.54, 1.807) is 31.4 Å². The second-order valence-corrected chi connectivity index (χ2v) is 7.69. The molecule has 3 N–H and O–H groups in total. The van der Waals surface area contributed by atoms with Crippen LogP contribution < -0.4 is 20.7 Å². The van der Waals surface area contributed by atoms with E-state index in [0.717, 1.165) is 50.0 Å². The van der Waals surface area contributed by atoms with Crippen molar-refractivity contribution in [1.29, 1.82) is 0 Å². The molecule has 0 saturated carbocycles. The predicted octanol–water partition coefficient (Wildman–Crippen LogP) is 3.58. The first-order valence-electron chi connectivity index (χ1n) is 11.7. The van der Waals surface area contributed by atoms with E-state index < -0.39 is 11.8 Å². The number of carbonyl (C=O) groups excluding carboxylic acids is 3. The minimum atomic E-state index is -0.601. The van der Waals surface area contributed by atoms with E-state index in [2.05, 4.69) is 28.1 Å². The second-order valence-electron chi connectivity index (χ2n) is 7.69. The van der Waals surface area contributed by atoms with Gasteiger partial charge in [-0.2, -0.15) is 0 Å². The van der Waals surface area contributed by atoms with E-state index in [0.29, 0.717) is 13.2 Å². The van der Waals surface area contributed by atoms with Crippen molar-refractivity contribution >= 4 is 23.4 Å². The van der Waals surface area contributed by atoms with Gasteiger partial charge in [0.1, 0.15) is 12.4 Å². The number of benzene rings is 1. The van der Waals surface area contributed by atoms with Crippen LogP contribution in [0.4, 0.5) is 5.69 Å². The van der Waals surface area contributed by atoms with Gasteiger partial charge in [-0.15, -0.1) is 0 Å². The molecule has 0 radical (unpaired) electrons. The summed E-state index contributed by atoms with van der Waals surface area (Å²) in [6.45, 7) is 1.19. The SMILES string of the molecule is CNC(=O)C(=O)NCCCC/C=C\CCCCCCCOCC(=O)Nc1ccc(OC)cc1. The number of methoxy groups -OCH3 is 1. The molecule has 0 aliphatic rings. The lowest BCUT2D eigenvalue weighted by atomic mass is 10.1. The Kier molecular flexibility index (Phi) is 15.9. The first kappa shape index (κ1) is 28.2. The minimum Gasteiger partial charge on any atom is -0.497 e. The van der Waals surface area contributed by atoms with Gasteiger partial charge in [-0.3, -0.25) is 14.4 Å². The number of hydrogen-bond acceptors (Lipinski definition) is 5. The molecule has 1 aromatic rings. The first-order valence-corrected chi connectivity index (χ1v) is 11.7. The molecule has 184 valence electrons. The molecule has 0 aliphatic carbocycles. The van der Waals surface area contributed by atoms with Gasteiger partial charge < -0.3 is 25.4 Å². The lowest BCUT2D eigenvalue weighted by Crippen LogP contribution is -2.38. The highest BCUT2D eigenvalue weighted by Gasteiger charge is 2.08. The summed E-state index contributed by atoms with van der Waals surface area (Å²) in [5.41, 5.74) is 0.727. The third-order valence-corrected chi connectivity index (χ3v) is 4.95. The van der Waals surface area contributed by atoms with Crippen molar-refractivity contribution in [2.24, 2.45) is 0 Å². The molecule has 3 amide bonds. The average molecular weight is 462 g/mol. The molecular formula is C25H39N3O5. The van der Waals surface area contributed by atoms with Gasteiger partial charge in [-0.05, 0) is 62.8 Å². The van der Waals surface area contributed by atoms with Crippen LogP contribution in [0.2, 0.25) is 0 Å². The molecule has 8 nitrogen and oxygen atoms in total. The van der Waals surface area contributed by atoms with E-state index >= 15 is 0 Å². The maximum Gasteiger partial charge on any atom is 0.309 e. The standard InChI is InChI=1S/C25H39N3O5/c1-26-24(30)25(31)27-18-12-10-8-6-4-3-5-7-9-11-13-19-33-20-23(29)28-21-14-16-22(32-2)17-15-21/h4,6,14-17H,3,5,7-13,18-20H2,1-2H3,(H,26,30)(H,27,31)(H,28,29)/b6-4-. The minimum absolute atomic E-state index is 0.0667. The summed E-state index contributed by atoms with van der Waals surface area (Å²) in [4.78, 5) is 34.1. The Morgan fingerprint density at radius 1 is 0.848 bits per heavy atom. The highest BCUT2D eigenvalue weighted by atomic mass is 16.5. The Labute approximate surface area is 197 Å². The fourth-order valence-corrected chi connectivity index (χ4v) is 3.05. The van der Waals surface area contributed by atoms with Crippen molar-refractivity contribution in [3.63, 3.8) is 0 Å². The Bertz CT molecular complexity index is 719. The fourth-order valence-electron chi connectivity index (χ4n) is 3.05. The summed E-state index contributed by atoms with van der Waals surface area (Å²) >= 11 is 0. The molecule has 0 aliphatic heterocycles. The number of ether oxygens (including phenoxy) is 2. The number of allylic oxidation sites excluding steroid dienone is 2. The number of anilines is 1. The molecule has 0 spiro atoms. The molecule has 0 unspecified atom stereocenters. The number of unbranched alkanes of at least 4 members (excludes halogenated alkanes) is 7. The van der Waals surface area contributed by atoms with Gasteiger partial charge in [0.2, 0.25) is 5.91 Å². The van der Waals surface area contributed by atoms with Crippen molar-refractivity contribution in [2.45, 2.75) is 57.8 Å². The third-order valence-electron chi connectivity index (χ3n) is 4.95. The molecule has 0 bridgehead atoms. The highest BCUT2D eigenvalue weighted by molar-refractivity contribution is 6.34. The van der Waals surface area contributed by atoms with Gasteiger partial charge in [-0.1, -0.05) is 31.4 Å². The average Bonchev–Trinajstić information content (AvgIpc) is 2.83. The number of hydrogen-bond donors (Lipinski definition) is 3. The number of nitrogens with one attached hydrogen (secondary N) is 3. The summed E-state index contributed by atoms with van der Waals surface area (Å²) in [7, 11) is 3.04. The second kappa shape index (κ2) is 18.7. The van der Waals surface area contributed by atoms with Crippen LogP contribution in [0.5, 0.6) is 5.75 Å². The summed E-state index contributed by atoms with van der Waals surface area (Å²) < 4.78 is 10.5. The van der Waals surface area contributed by atoms with E-state index in [-0.39, 0.29) is 12.5 Å². The maximum absolute atomic E-state index is 11.9. The summed E-state index contributed by atoms with van der Waals surface area (Å²) in [5.74, 6) is -0.578. The largest absolute Gasteiger partial charge is 0.497 e. The van der Waals surface area contributed by atoms with Crippen molar-refractivity contribution in [2.75, 3.05) is 39.2 Å². The normalized spacial score (nSPS) is 10.7. The van der Waals surface area contributed by atoms with Crippen molar-refractivity contribution in [3.8, 4) is 5.75 Å². The lowest BCUT2D eigenvalue weighted by molar-refractivity contribution is -0.138. The van der Waals surface area contributed by atoms with E-state index in [4.69, 9.17) is 9.47 Å². The Hall–Kier alpha value is -2.87. The van der Waals surface area contributed by atoms with Gasteiger partial charge in [0.25, 0.3) is 0 Å². The van der Waals surface area contributed by atoms with Crippen LogP contribution in [0.15, 0.2) is 36.4 Å². The highest BCUT2D eigenvalue weighted by Crippen LogP contribution is 2.14. The first-order chi connectivity index (χ1) is 16.1. The molecule has 0 atom stereocenters. The molecule has 0 aromatic heterocycles. The molecule has 0 heterocycles. The molecule has 1 aromatic carbocycles. The number of carbonyl (C=O) groups is 3. The van der Waals surface area contributed by atoms with Crippen LogP contribution in [0, 0.1) is 0 Å². The van der Waals surface area contributed by atoms with Crippen molar-refractivity contribution in [3.05, 3.63) is 36.4 Å². The van der Waals surface area contributed by atoms with Gasteiger partial charge in [-0.25, -0.2) is 0 Å². The molecule has 0 saturated heterocycles. The quantitative estimate of drug-likeness (QED) is 0.187. The van der Waals surface area contributed by atoms with Crippen LogP contribution >= 0.6 is 0 Å². The predicted molar refractivity (Wildman–Crippen MR) is 130 cm³/mol. The number of rotatable bonds is 17. The van der Waals surface area contributed by atoms with Crippen LogP contribution in [-0.4, -0.2) is 51.6 Å².